The molecule has 88 valence electrons. The molecule has 0 spiro atoms. The number of nitrogens with zero attached hydrogens (tertiary/aromatic N) is 3. The minimum Gasteiger partial charge on any atom is -0.368 e. The SMILES string of the molecule is CC(Nc1nc(N)ncc1Br)C(=O)N(C)C. The summed E-state index contributed by atoms with van der Waals surface area (Å²) >= 11 is 3.28. The van der Waals surface area contributed by atoms with E-state index >= 15 is 0 Å². The van der Waals surface area contributed by atoms with Gasteiger partial charge < -0.3 is 16.0 Å². The Hall–Kier alpha value is -1.37. The standard InChI is InChI=1S/C9H14BrN5O/c1-5(8(16)15(2)3)13-7-6(10)4-12-9(11)14-7/h4-5H,1-3H3,(H3,11,12,13,14). The van der Waals surface area contributed by atoms with Crippen molar-refractivity contribution >= 4 is 33.6 Å². The Labute approximate surface area is 102 Å². The van der Waals surface area contributed by atoms with Crippen LogP contribution in [0.25, 0.3) is 0 Å². The second-order valence-corrected chi connectivity index (χ2v) is 4.38. The van der Waals surface area contributed by atoms with Gasteiger partial charge in [0.1, 0.15) is 11.9 Å². The molecule has 0 aliphatic carbocycles. The average Bonchev–Trinajstić information content (AvgIpc) is 2.22. The number of hydrogen-bond donors (Lipinski definition) is 2. The summed E-state index contributed by atoms with van der Waals surface area (Å²) in [6.45, 7) is 1.76. The maximum Gasteiger partial charge on any atom is 0.244 e. The number of nitrogen functional groups attached to an aromatic ring is 1. The molecule has 0 aromatic carbocycles. The summed E-state index contributed by atoms with van der Waals surface area (Å²) in [5.74, 6) is 0.634. The third-order valence-electron chi connectivity index (χ3n) is 1.93. The number of halogens is 1. The highest BCUT2D eigenvalue weighted by Crippen LogP contribution is 2.20. The third-order valence-corrected chi connectivity index (χ3v) is 2.51. The molecular weight excluding hydrogens is 274 g/mol. The van der Waals surface area contributed by atoms with Crippen molar-refractivity contribution in [3.05, 3.63) is 10.7 Å². The Bertz CT molecular complexity index is 395. The molecule has 0 fully saturated rings. The van der Waals surface area contributed by atoms with E-state index in [1.807, 2.05) is 0 Å². The number of carbonyl (C=O) groups excluding carboxylic acids is 1. The lowest BCUT2D eigenvalue weighted by molar-refractivity contribution is -0.129. The molecule has 0 aliphatic heterocycles. The number of anilines is 2. The smallest absolute Gasteiger partial charge is 0.244 e. The van der Waals surface area contributed by atoms with Gasteiger partial charge in [0.15, 0.2) is 0 Å². The van der Waals surface area contributed by atoms with Crippen LogP contribution in [0.5, 0.6) is 0 Å². The third kappa shape index (κ3) is 3.06. The van der Waals surface area contributed by atoms with Gasteiger partial charge in [0, 0.05) is 20.3 Å². The highest BCUT2D eigenvalue weighted by Gasteiger charge is 2.16. The molecular formula is C9H14BrN5O. The Kier molecular flexibility index (Phi) is 4.05. The van der Waals surface area contributed by atoms with Crippen LogP contribution in [0.2, 0.25) is 0 Å². The fourth-order valence-corrected chi connectivity index (χ4v) is 1.44. The average molecular weight is 288 g/mol. The van der Waals surface area contributed by atoms with Crippen LogP contribution in [-0.4, -0.2) is 40.9 Å². The van der Waals surface area contributed by atoms with Crippen molar-refractivity contribution in [1.29, 1.82) is 0 Å². The predicted octanol–water partition coefficient (Wildman–Crippen LogP) is 0.710. The van der Waals surface area contributed by atoms with Gasteiger partial charge in [-0.3, -0.25) is 4.79 Å². The lowest BCUT2D eigenvalue weighted by Gasteiger charge is -2.18. The molecule has 0 saturated carbocycles. The fraction of sp³-hybridized carbons (Fsp3) is 0.444. The molecule has 0 radical (unpaired) electrons. The van der Waals surface area contributed by atoms with Gasteiger partial charge in [-0.2, -0.15) is 4.98 Å². The molecule has 3 N–H and O–H groups in total. The predicted molar refractivity (Wildman–Crippen MR) is 65.9 cm³/mol. The molecule has 1 amide bonds. The molecule has 0 saturated heterocycles. The van der Waals surface area contributed by atoms with Crippen LogP contribution in [-0.2, 0) is 4.79 Å². The van der Waals surface area contributed by atoms with Crippen LogP contribution >= 0.6 is 15.9 Å². The summed E-state index contributed by atoms with van der Waals surface area (Å²) in [5.41, 5.74) is 5.46. The zero-order chi connectivity index (χ0) is 12.3. The van der Waals surface area contributed by atoms with E-state index in [2.05, 4.69) is 31.2 Å². The first-order valence-electron chi connectivity index (χ1n) is 4.67. The molecule has 0 bridgehead atoms. The van der Waals surface area contributed by atoms with E-state index < -0.39 is 0 Å². The second-order valence-electron chi connectivity index (χ2n) is 3.52. The lowest BCUT2D eigenvalue weighted by atomic mass is 10.3. The normalized spacial score (nSPS) is 12.0. The minimum absolute atomic E-state index is 0.0379. The minimum atomic E-state index is -0.374. The molecule has 7 heteroatoms. The fourth-order valence-electron chi connectivity index (χ4n) is 1.14. The van der Waals surface area contributed by atoms with E-state index in [0.29, 0.717) is 10.3 Å². The van der Waals surface area contributed by atoms with Crippen molar-refractivity contribution in [2.24, 2.45) is 0 Å². The van der Waals surface area contributed by atoms with Crippen LogP contribution in [0, 0.1) is 0 Å². The first-order valence-corrected chi connectivity index (χ1v) is 5.47. The number of carbonyl (C=O) groups is 1. The van der Waals surface area contributed by atoms with Gasteiger partial charge in [-0.25, -0.2) is 4.98 Å². The van der Waals surface area contributed by atoms with Crippen molar-refractivity contribution in [2.45, 2.75) is 13.0 Å². The van der Waals surface area contributed by atoms with E-state index in [9.17, 15) is 4.79 Å². The van der Waals surface area contributed by atoms with E-state index in [0.717, 1.165) is 0 Å². The number of likely N-dealkylation sites (N-methyl/N-ethyl adjacent to an activating group) is 1. The summed E-state index contributed by atoms with van der Waals surface area (Å²) in [4.78, 5) is 20.9. The summed E-state index contributed by atoms with van der Waals surface area (Å²) < 4.78 is 0.667. The molecule has 6 nitrogen and oxygen atoms in total. The Balaban J connectivity index is 2.80. The first kappa shape index (κ1) is 12.7. The van der Waals surface area contributed by atoms with E-state index in [1.165, 1.54) is 11.1 Å². The van der Waals surface area contributed by atoms with Crippen LogP contribution in [0.1, 0.15) is 6.92 Å². The summed E-state index contributed by atoms with van der Waals surface area (Å²) in [7, 11) is 3.40. The van der Waals surface area contributed by atoms with Gasteiger partial charge in [0.25, 0.3) is 0 Å². The van der Waals surface area contributed by atoms with Gasteiger partial charge >= 0.3 is 0 Å². The molecule has 1 aromatic heterocycles. The monoisotopic (exact) mass is 287 g/mol. The zero-order valence-electron chi connectivity index (χ0n) is 9.36. The second kappa shape index (κ2) is 5.11. The van der Waals surface area contributed by atoms with Gasteiger partial charge in [0.05, 0.1) is 4.47 Å². The van der Waals surface area contributed by atoms with E-state index in [1.54, 1.807) is 21.0 Å². The summed E-state index contributed by atoms with van der Waals surface area (Å²) in [5, 5.41) is 2.96. The van der Waals surface area contributed by atoms with Crippen molar-refractivity contribution in [3.8, 4) is 0 Å². The quantitative estimate of drug-likeness (QED) is 0.855. The van der Waals surface area contributed by atoms with Crippen molar-refractivity contribution in [1.82, 2.24) is 14.9 Å². The zero-order valence-corrected chi connectivity index (χ0v) is 10.9. The van der Waals surface area contributed by atoms with E-state index in [-0.39, 0.29) is 17.9 Å². The van der Waals surface area contributed by atoms with Crippen molar-refractivity contribution < 1.29 is 4.79 Å². The van der Waals surface area contributed by atoms with Gasteiger partial charge in [0.2, 0.25) is 11.9 Å². The highest BCUT2D eigenvalue weighted by molar-refractivity contribution is 9.10. The van der Waals surface area contributed by atoms with Gasteiger partial charge in [-0.15, -0.1) is 0 Å². The summed E-state index contributed by atoms with van der Waals surface area (Å²) in [6.07, 6.45) is 1.54. The van der Waals surface area contributed by atoms with Crippen LogP contribution in [0.15, 0.2) is 10.7 Å². The van der Waals surface area contributed by atoms with Gasteiger partial charge in [-0.1, -0.05) is 0 Å². The molecule has 16 heavy (non-hydrogen) atoms. The highest BCUT2D eigenvalue weighted by atomic mass is 79.9. The topological polar surface area (TPSA) is 84.1 Å². The number of hydrogen-bond acceptors (Lipinski definition) is 5. The molecule has 1 unspecified atom stereocenters. The molecule has 1 heterocycles. The van der Waals surface area contributed by atoms with Crippen LogP contribution in [0.4, 0.5) is 11.8 Å². The van der Waals surface area contributed by atoms with Crippen molar-refractivity contribution in [2.75, 3.05) is 25.1 Å². The molecule has 1 aromatic rings. The van der Waals surface area contributed by atoms with E-state index in [4.69, 9.17) is 5.73 Å². The molecule has 1 rings (SSSR count). The number of nitrogens with two attached hydrogens (primary N) is 1. The largest absolute Gasteiger partial charge is 0.368 e. The number of rotatable bonds is 3. The Morgan fingerprint density at radius 2 is 2.25 bits per heavy atom. The maximum absolute atomic E-state index is 11.6. The van der Waals surface area contributed by atoms with Crippen LogP contribution < -0.4 is 11.1 Å². The first-order chi connectivity index (χ1) is 7.41. The van der Waals surface area contributed by atoms with Crippen LogP contribution in [0.3, 0.4) is 0 Å². The number of aromatic nitrogens is 2. The Morgan fingerprint density at radius 3 is 2.81 bits per heavy atom. The summed E-state index contributed by atoms with van der Waals surface area (Å²) in [6, 6.07) is -0.374. The molecule has 0 aliphatic rings. The molecule has 1 atom stereocenters. The number of nitrogens with one attached hydrogen (secondary N) is 1. The van der Waals surface area contributed by atoms with Gasteiger partial charge in [-0.05, 0) is 22.9 Å². The Morgan fingerprint density at radius 1 is 1.62 bits per heavy atom. The lowest BCUT2D eigenvalue weighted by Crippen LogP contribution is -2.37. The number of amides is 1. The maximum atomic E-state index is 11.6. The van der Waals surface area contributed by atoms with Crippen molar-refractivity contribution in [3.63, 3.8) is 0 Å².